The molecule has 6 nitrogen and oxygen atoms in total. The topological polar surface area (TPSA) is 88.1 Å². The van der Waals surface area contributed by atoms with E-state index in [0.717, 1.165) is 24.1 Å². The van der Waals surface area contributed by atoms with Gasteiger partial charge in [0.05, 0.1) is 11.0 Å². The number of alkyl halides is 2. The van der Waals surface area contributed by atoms with E-state index in [1.165, 1.54) is 12.1 Å². The van der Waals surface area contributed by atoms with Crippen LogP contribution in [0.1, 0.15) is 46.6 Å². The summed E-state index contributed by atoms with van der Waals surface area (Å²) in [6.45, 7) is 8.93. The lowest BCUT2D eigenvalue weighted by atomic mass is 9.72. The van der Waals surface area contributed by atoms with E-state index < -0.39 is 23.4 Å². The van der Waals surface area contributed by atoms with E-state index in [2.05, 4.69) is 44.8 Å². The third-order valence-corrected chi connectivity index (χ3v) is 4.13. The number of phenols is 1. The van der Waals surface area contributed by atoms with Crippen molar-refractivity contribution in [2.75, 3.05) is 6.93 Å². The number of halogens is 3. The SMILES string of the molecule is CC(C)(C)CC(C)(C)c1ccc(O)c(N=Nc2ccc(F)cc2[N+](=O)[O-])c1.FCF. The van der Waals surface area contributed by atoms with Crippen LogP contribution in [0, 0.1) is 21.3 Å². The van der Waals surface area contributed by atoms with E-state index in [4.69, 9.17) is 0 Å². The maximum Gasteiger partial charge on any atom is 0.299 e. The number of benzene rings is 2. The van der Waals surface area contributed by atoms with E-state index in [9.17, 15) is 28.4 Å². The Kier molecular flexibility index (Phi) is 8.50. The van der Waals surface area contributed by atoms with Crippen molar-refractivity contribution in [3.8, 4) is 5.75 Å². The third kappa shape index (κ3) is 7.46. The van der Waals surface area contributed by atoms with Crippen LogP contribution in [0.3, 0.4) is 0 Å². The van der Waals surface area contributed by atoms with Crippen LogP contribution in [0.15, 0.2) is 46.6 Å². The lowest BCUT2D eigenvalue weighted by molar-refractivity contribution is -0.384. The molecule has 0 heterocycles. The van der Waals surface area contributed by atoms with Gasteiger partial charge in [0.25, 0.3) is 5.69 Å². The van der Waals surface area contributed by atoms with E-state index >= 15 is 0 Å². The highest BCUT2D eigenvalue weighted by Gasteiger charge is 2.28. The molecule has 0 aromatic heterocycles. The normalized spacial score (nSPS) is 11.9. The average Bonchev–Trinajstić information content (AvgIpc) is 2.60. The molecule has 0 radical (unpaired) electrons. The number of azo groups is 1. The summed E-state index contributed by atoms with van der Waals surface area (Å²) >= 11 is 0. The van der Waals surface area contributed by atoms with Gasteiger partial charge < -0.3 is 5.11 Å². The van der Waals surface area contributed by atoms with Crippen molar-refractivity contribution in [2.24, 2.45) is 15.6 Å². The summed E-state index contributed by atoms with van der Waals surface area (Å²) in [5, 5.41) is 29.0. The van der Waals surface area contributed by atoms with Crippen LogP contribution in [0.4, 0.5) is 30.2 Å². The van der Waals surface area contributed by atoms with E-state index in [1.54, 1.807) is 6.07 Å². The monoisotopic (exact) mass is 425 g/mol. The molecule has 0 saturated carbocycles. The Morgan fingerprint density at radius 2 is 1.57 bits per heavy atom. The van der Waals surface area contributed by atoms with Gasteiger partial charge in [-0.15, -0.1) is 10.2 Å². The van der Waals surface area contributed by atoms with Crippen molar-refractivity contribution in [1.29, 1.82) is 0 Å². The molecular weight excluding hydrogens is 399 g/mol. The van der Waals surface area contributed by atoms with Crippen LogP contribution in [0.25, 0.3) is 0 Å². The summed E-state index contributed by atoms with van der Waals surface area (Å²) in [5.41, 5.74) is 0.545. The smallest absolute Gasteiger partial charge is 0.299 e. The first-order valence-corrected chi connectivity index (χ1v) is 9.12. The van der Waals surface area contributed by atoms with Gasteiger partial charge in [-0.2, -0.15) is 0 Å². The summed E-state index contributed by atoms with van der Waals surface area (Å²) in [6.07, 6.45) is 0.908. The van der Waals surface area contributed by atoms with Crippen molar-refractivity contribution in [2.45, 2.75) is 46.5 Å². The highest BCUT2D eigenvalue weighted by atomic mass is 19.3. The summed E-state index contributed by atoms with van der Waals surface area (Å²) in [5.74, 6) is -0.812. The Labute approximate surface area is 173 Å². The fourth-order valence-corrected chi connectivity index (χ4v) is 3.29. The van der Waals surface area contributed by atoms with Crippen LogP contribution < -0.4 is 0 Å². The molecule has 0 spiro atoms. The molecule has 0 aliphatic carbocycles. The molecule has 0 saturated heterocycles. The second kappa shape index (κ2) is 10.2. The summed E-state index contributed by atoms with van der Waals surface area (Å²) < 4.78 is 32.5. The molecule has 30 heavy (non-hydrogen) atoms. The Morgan fingerprint density at radius 3 is 2.10 bits per heavy atom. The molecule has 2 aromatic rings. The summed E-state index contributed by atoms with van der Waals surface area (Å²) in [7, 11) is 0. The summed E-state index contributed by atoms with van der Waals surface area (Å²) in [4.78, 5) is 10.3. The maximum atomic E-state index is 13.2. The minimum atomic E-state index is -1.75. The third-order valence-electron chi connectivity index (χ3n) is 4.13. The second-order valence-electron chi connectivity index (χ2n) is 8.52. The zero-order valence-electron chi connectivity index (χ0n) is 17.6. The van der Waals surface area contributed by atoms with Gasteiger partial charge in [-0.05, 0) is 47.1 Å². The van der Waals surface area contributed by atoms with Crippen molar-refractivity contribution < 1.29 is 23.2 Å². The maximum absolute atomic E-state index is 13.2. The summed E-state index contributed by atoms with van der Waals surface area (Å²) in [6, 6.07) is 8.14. The molecule has 2 rings (SSSR count). The average molecular weight is 425 g/mol. The number of nitrogens with zero attached hydrogens (tertiary/aromatic N) is 3. The Morgan fingerprint density at radius 1 is 1.00 bits per heavy atom. The molecule has 2 aromatic carbocycles. The minimum absolute atomic E-state index is 0.0832. The molecule has 0 aliphatic heterocycles. The number of nitro groups is 1. The number of nitro benzene ring substituents is 1. The van der Waals surface area contributed by atoms with Gasteiger partial charge in [-0.25, -0.2) is 13.2 Å². The second-order valence-corrected chi connectivity index (χ2v) is 8.52. The zero-order chi connectivity index (χ0) is 23.1. The molecule has 9 heteroatoms. The minimum Gasteiger partial charge on any atom is -0.506 e. The van der Waals surface area contributed by atoms with Gasteiger partial charge in [0.1, 0.15) is 17.3 Å². The van der Waals surface area contributed by atoms with Crippen molar-refractivity contribution in [3.05, 3.63) is 57.9 Å². The number of rotatable bonds is 5. The first kappa shape index (κ1) is 25.1. The highest BCUT2D eigenvalue weighted by molar-refractivity contribution is 5.58. The standard InChI is InChI=1S/C20H24FN3O3.CH2F2/c1-19(2,3)12-20(4,5)13-6-9-18(25)16(10-13)23-22-15-8-7-14(21)11-17(15)24(26)27;2-1-3/h6-11,25H,12H2,1-5H3;1H2. The van der Waals surface area contributed by atoms with Gasteiger partial charge in [0, 0.05) is 0 Å². The van der Waals surface area contributed by atoms with Crippen LogP contribution in [-0.4, -0.2) is 17.0 Å². The molecule has 0 unspecified atom stereocenters. The van der Waals surface area contributed by atoms with Gasteiger partial charge in [0.15, 0.2) is 5.69 Å². The predicted octanol–water partition coefficient (Wildman–Crippen LogP) is 7.45. The molecule has 0 bridgehead atoms. The van der Waals surface area contributed by atoms with Gasteiger partial charge >= 0.3 is 0 Å². The lowest BCUT2D eigenvalue weighted by Gasteiger charge is -2.33. The molecule has 0 aliphatic rings. The molecule has 164 valence electrons. The quantitative estimate of drug-likeness (QED) is 0.306. The largest absolute Gasteiger partial charge is 0.506 e. The van der Waals surface area contributed by atoms with Crippen LogP contribution >= 0.6 is 0 Å². The number of hydrogen-bond acceptors (Lipinski definition) is 5. The van der Waals surface area contributed by atoms with E-state index in [-0.39, 0.29) is 28.0 Å². The predicted molar refractivity (Wildman–Crippen MR) is 110 cm³/mol. The molecule has 1 N–H and O–H groups in total. The van der Waals surface area contributed by atoms with Gasteiger partial charge in [-0.3, -0.25) is 10.1 Å². The van der Waals surface area contributed by atoms with Gasteiger partial charge in [-0.1, -0.05) is 40.7 Å². The molecule has 0 fully saturated rings. The zero-order valence-corrected chi connectivity index (χ0v) is 17.6. The fourth-order valence-electron chi connectivity index (χ4n) is 3.29. The Balaban J connectivity index is 0.00000141. The number of hydrogen-bond donors (Lipinski definition) is 1. The first-order valence-electron chi connectivity index (χ1n) is 9.12. The molecular formula is C21H26F3N3O3. The number of phenolic OH excluding ortho intramolecular Hbond substituents is 1. The van der Waals surface area contributed by atoms with Crippen molar-refractivity contribution in [1.82, 2.24) is 0 Å². The van der Waals surface area contributed by atoms with E-state index in [0.29, 0.717) is 0 Å². The fraction of sp³-hybridized carbons (Fsp3) is 0.429. The lowest BCUT2D eigenvalue weighted by Crippen LogP contribution is -2.24. The Bertz CT molecular complexity index is 910. The Hall–Kier alpha value is -2.97. The number of aromatic hydroxyl groups is 1. The molecule has 0 amide bonds. The van der Waals surface area contributed by atoms with Crippen LogP contribution in [0.5, 0.6) is 5.75 Å². The van der Waals surface area contributed by atoms with Crippen molar-refractivity contribution >= 4 is 17.1 Å². The van der Waals surface area contributed by atoms with Crippen molar-refractivity contribution in [3.63, 3.8) is 0 Å². The van der Waals surface area contributed by atoms with Gasteiger partial charge in [0.2, 0.25) is 6.93 Å². The molecule has 0 atom stereocenters. The van der Waals surface area contributed by atoms with Crippen LogP contribution in [-0.2, 0) is 5.41 Å². The highest BCUT2D eigenvalue weighted by Crippen LogP contribution is 2.40. The van der Waals surface area contributed by atoms with E-state index in [1.807, 2.05) is 6.07 Å². The first-order chi connectivity index (χ1) is 13.8. The van der Waals surface area contributed by atoms with Crippen LogP contribution in [0.2, 0.25) is 0 Å².